The first-order valence-electron chi connectivity index (χ1n) is 6.25. The molecule has 0 bridgehead atoms. The van der Waals surface area contributed by atoms with Crippen molar-refractivity contribution < 1.29 is 9.53 Å². The van der Waals surface area contributed by atoms with Crippen LogP contribution >= 0.6 is 0 Å². The van der Waals surface area contributed by atoms with Crippen molar-refractivity contribution in [2.24, 2.45) is 5.92 Å². The molecule has 0 heterocycles. The van der Waals surface area contributed by atoms with Gasteiger partial charge in [0.15, 0.2) is 0 Å². The Balaban J connectivity index is 2.46. The molecule has 1 aliphatic carbocycles. The zero-order chi connectivity index (χ0) is 13.1. The lowest BCUT2D eigenvalue weighted by molar-refractivity contribution is 0.0180. The molecule has 1 fully saturated rings. The number of rotatable bonds is 1. The molecule has 1 rings (SSSR count). The fourth-order valence-electron chi connectivity index (χ4n) is 2.11. The van der Waals surface area contributed by atoms with Crippen LogP contribution in [-0.2, 0) is 4.74 Å². The Morgan fingerprint density at radius 3 is 2.24 bits per heavy atom. The van der Waals surface area contributed by atoms with Gasteiger partial charge in [0.2, 0.25) is 0 Å². The third kappa shape index (κ3) is 4.30. The summed E-state index contributed by atoms with van der Waals surface area (Å²) in [6.07, 6.45) is 9.15. The lowest BCUT2D eigenvalue weighted by atomic mass is 9.86. The van der Waals surface area contributed by atoms with Crippen molar-refractivity contribution >= 4 is 6.09 Å². The average molecular weight is 237 g/mol. The van der Waals surface area contributed by atoms with Crippen molar-refractivity contribution in [2.45, 2.75) is 58.1 Å². The maximum absolute atomic E-state index is 11.9. The van der Waals surface area contributed by atoms with Crippen LogP contribution in [0.15, 0.2) is 0 Å². The summed E-state index contributed by atoms with van der Waals surface area (Å²) in [5.41, 5.74) is -0.429. The molecule has 0 saturated heterocycles. The molecular formula is C14H23NO2. The normalized spacial score (nSPS) is 24.9. The van der Waals surface area contributed by atoms with Crippen LogP contribution in [0.2, 0.25) is 0 Å². The van der Waals surface area contributed by atoms with E-state index in [1.54, 1.807) is 4.90 Å². The van der Waals surface area contributed by atoms with E-state index in [2.05, 4.69) is 5.92 Å². The highest BCUT2D eigenvalue weighted by Crippen LogP contribution is 2.27. The molecule has 0 aromatic carbocycles. The smallest absolute Gasteiger partial charge is 0.410 e. The van der Waals surface area contributed by atoms with Gasteiger partial charge in [0, 0.05) is 19.0 Å². The zero-order valence-corrected chi connectivity index (χ0v) is 11.3. The highest BCUT2D eigenvalue weighted by molar-refractivity contribution is 5.68. The summed E-state index contributed by atoms with van der Waals surface area (Å²) in [5.74, 6) is 3.18. The number of amides is 1. The van der Waals surface area contributed by atoms with E-state index in [-0.39, 0.29) is 12.1 Å². The van der Waals surface area contributed by atoms with E-state index in [0.29, 0.717) is 5.92 Å². The summed E-state index contributed by atoms with van der Waals surface area (Å²) in [5, 5.41) is 0. The highest BCUT2D eigenvalue weighted by atomic mass is 16.6. The molecule has 0 radical (unpaired) electrons. The maximum atomic E-state index is 11.9. The van der Waals surface area contributed by atoms with Gasteiger partial charge in [0.1, 0.15) is 5.60 Å². The third-order valence-electron chi connectivity index (χ3n) is 3.16. The summed E-state index contributed by atoms with van der Waals surface area (Å²) in [6, 6.07) is 0.273. The Bertz CT molecular complexity index is 303. The predicted molar refractivity (Wildman–Crippen MR) is 68.6 cm³/mol. The maximum Gasteiger partial charge on any atom is 0.410 e. The number of ether oxygens (including phenoxy) is 1. The molecular weight excluding hydrogens is 214 g/mol. The van der Waals surface area contributed by atoms with Gasteiger partial charge in [-0.3, -0.25) is 0 Å². The summed E-state index contributed by atoms with van der Waals surface area (Å²) in [7, 11) is 1.81. The molecule has 0 aliphatic heterocycles. The van der Waals surface area contributed by atoms with Gasteiger partial charge < -0.3 is 9.64 Å². The summed E-state index contributed by atoms with van der Waals surface area (Å²) >= 11 is 0. The minimum Gasteiger partial charge on any atom is -0.444 e. The Morgan fingerprint density at radius 2 is 1.82 bits per heavy atom. The van der Waals surface area contributed by atoms with Crippen LogP contribution < -0.4 is 0 Å². The van der Waals surface area contributed by atoms with Gasteiger partial charge in [-0.1, -0.05) is 0 Å². The third-order valence-corrected chi connectivity index (χ3v) is 3.16. The van der Waals surface area contributed by atoms with Crippen molar-refractivity contribution in [3.8, 4) is 12.3 Å². The van der Waals surface area contributed by atoms with Crippen LogP contribution in [0.25, 0.3) is 0 Å². The molecule has 0 aromatic rings. The molecule has 0 aromatic heterocycles. The van der Waals surface area contributed by atoms with Crippen LogP contribution in [0.1, 0.15) is 46.5 Å². The topological polar surface area (TPSA) is 29.5 Å². The first kappa shape index (κ1) is 13.9. The van der Waals surface area contributed by atoms with Crippen molar-refractivity contribution in [3.63, 3.8) is 0 Å². The molecule has 0 atom stereocenters. The van der Waals surface area contributed by atoms with E-state index >= 15 is 0 Å². The second-order valence-corrected chi connectivity index (χ2v) is 5.76. The van der Waals surface area contributed by atoms with E-state index in [4.69, 9.17) is 11.2 Å². The largest absolute Gasteiger partial charge is 0.444 e. The number of hydrogen-bond acceptors (Lipinski definition) is 2. The quantitative estimate of drug-likeness (QED) is 0.656. The van der Waals surface area contributed by atoms with Crippen molar-refractivity contribution in [1.29, 1.82) is 0 Å². The SMILES string of the molecule is C#C[C@H]1CC[C@H](N(C)C(=O)OC(C)(C)C)CC1. The van der Waals surface area contributed by atoms with Gasteiger partial charge in [-0.2, -0.15) is 0 Å². The Hall–Kier alpha value is -1.17. The molecule has 17 heavy (non-hydrogen) atoms. The van der Waals surface area contributed by atoms with Crippen LogP contribution in [0, 0.1) is 18.3 Å². The lowest BCUT2D eigenvalue weighted by Gasteiger charge is -2.34. The summed E-state index contributed by atoms with van der Waals surface area (Å²) < 4.78 is 5.35. The zero-order valence-electron chi connectivity index (χ0n) is 11.3. The Morgan fingerprint density at radius 1 is 1.29 bits per heavy atom. The molecule has 1 saturated carbocycles. The lowest BCUT2D eigenvalue weighted by Crippen LogP contribution is -2.42. The minimum absolute atomic E-state index is 0.235. The van der Waals surface area contributed by atoms with E-state index in [9.17, 15) is 4.79 Å². The molecule has 1 aliphatic rings. The molecule has 3 nitrogen and oxygen atoms in total. The predicted octanol–water partition coefficient (Wildman–Crippen LogP) is 3.05. The standard InChI is InChI=1S/C14H23NO2/c1-6-11-7-9-12(10-8-11)15(5)13(16)17-14(2,3)4/h1,11-12H,7-10H2,2-5H3/t11-,12-. The van der Waals surface area contributed by atoms with Gasteiger partial charge in [-0.05, 0) is 46.5 Å². The summed E-state index contributed by atoms with van der Waals surface area (Å²) in [6.45, 7) is 5.65. The second kappa shape index (κ2) is 5.44. The van der Waals surface area contributed by atoms with Gasteiger partial charge in [0.05, 0.1) is 0 Å². The Labute approximate surface area is 105 Å². The monoisotopic (exact) mass is 237 g/mol. The van der Waals surface area contributed by atoms with Crippen LogP contribution in [0.3, 0.4) is 0 Å². The molecule has 0 unspecified atom stereocenters. The number of hydrogen-bond donors (Lipinski definition) is 0. The highest BCUT2D eigenvalue weighted by Gasteiger charge is 2.28. The van der Waals surface area contributed by atoms with E-state index in [1.807, 2.05) is 27.8 Å². The first-order valence-corrected chi connectivity index (χ1v) is 6.25. The molecule has 3 heteroatoms. The minimum atomic E-state index is -0.429. The molecule has 96 valence electrons. The number of carbonyl (C=O) groups excluding carboxylic acids is 1. The molecule has 0 spiro atoms. The fourth-order valence-corrected chi connectivity index (χ4v) is 2.11. The van der Waals surface area contributed by atoms with Crippen molar-refractivity contribution in [2.75, 3.05) is 7.05 Å². The van der Waals surface area contributed by atoms with Gasteiger partial charge in [0.25, 0.3) is 0 Å². The van der Waals surface area contributed by atoms with Crippen LogP contribution in [0.5, 0.6) is 0 Å². The van der Waals surface area contributed by atoms with E-state index < -0.39 is 5.60 Å². The van der Waals surface area contributed by atoms with Crippen LogP contribution in [0.4, 0.5) is 4.79 Å². The summed E-state index contributed by atoms with van der Waals surface area (Å²) in [4.78, 5) is 13.6. The Kier molecular flexibility index (Phi) is 4.45. The van der Waals surface area contributed by atoms with Crippen molar-refractivity contribution in [1.82, 2.24) is 4.90 Å². The van der Waals surface area contributed by atoms with E-state index in [1.165, 1.54) is 0 Å². The van der Waals surface area contributed by atoms with E-state index in [0.717, 1.165) is 25.7 Å². The fraction of sp³-hybridized carbons (Fsp3) is 0.786. The first-order chi connectivity index (χ1) is 7.83. The van der Waals surface area contributed by atoms with Crippen molar-refractivity contribution in [3.05, 3.63) is 0 Å². The number of carbonyl (C=O) groups is 1. The molecule has 0 N–H and O–H groups in total. The van der Waals surface area contributed by atoms with Gasteiger partial charge >= 0.3 is 6.09 Å². The van der Waals surface area contributed by atoms with Crippen LogP contribution in [-0.4, -0.2) is 29.7 Å². The second-order valence-electron chi connectivity index (χ2n) is 5.76. The molecule has 1 amide bonds. The van der Waals surface area contributed by atoms with Gasteiger partial charge in [-0.15, -0.1) is 12.3 Å². The average Bonchev–Trinajstić information content (AvgIpc) is 2.26. The van der Waals surface area contributed by atoms with Gasteiger partial charge in [-0.25, -0.2) is 4.79 Å². The number of nitrogens with zero attached hydrogens (tertiary/aromatic N) is 1. The number of terminal acetylenes is 1.